The SMILES string of the molecule is CCC(CC)CN1CCC2(c3cccc(NS(=O)(=O)CCOC)c3)CCCC1C2. The maximum Gasteiger partial charge on any atom is 0.234 e. The molecule has 2 bridgehead atoms. The molecule has 1 saturated heterocycles. The average molecular weight is 423 g/mol. The van der Waals surface area contributed by atoms with E-state index in [2.05, 4.69) is 35.6 Å². The fraction of sp³-hybridized carbons (Fsp3) is 0.739. The first-order valence-electron chi connectivity index (χ1n) is 11.3. The van der Waals surface area contributed by atoms with E-state index in [1.807, 2.05) is 12.1 Å². The topological polar surface area (TPSA) is 58.6 Å². The summed E-state index contributed by atoms with van der Waals surface area (Å²) in [5, 5.41) is 0. The molecule has 1 aromatic carbocycles. The molecule has 1 heterocycles. The first kappa shape index (κ1) is 22.6. The van der Waals surface area contributed by atoms with Crippen LogP contribution in [0.15, 0.2) is 24.3 Å². The van der Waals surface area contributed by atoms with Gasteiger partial charge in [-0.15, -0.1) is 0 Å². The van der Waals surface area contributed by atoms with Gasteiger partial charge in [-0.05, 0) is 61.3 Å². The van der Waals surface area contributed by atoms with Crippen LogP contribution in [0.25, 0.3) is 0 Å². The number of rotatable bonds is 10. The van der Waals surface area contributed by atoms with E-state index >= 15 is 0 Å². The summed E-state index contributed by atoms with van der Waals surface area (Å²) >= 11 is 0. The van der Waals surface area contributed by atoms with Gasteiger partial charge in [0, 0.05) is 25.4 Å². The Hall–Kier alpha value is -1.11. The smallest absolute Gasteiger partial charge is 0.234 e. The molecule has 1 aromatic rings. The first-order valence-corrected chi connectivity index (χ1v) is 12.9. The highest BCUT2D eigenvalue weighted by Crippen LogP contribution is 2.47. The lowest BCUT2D eigenvalue weighted by Gasteiger charge is -2.51. The zero-order valence-corrected chi connectivity index (χ0v) is 19.1. The molecule has 2 atom stereocenters. The van der Waals surface area contributed by atoms with Crippen LogP contribution in [0, 0.1) is 5.92 Å². The third kappa shape index (κ3) is 5.53. The molecule has 3 rings (SSSR count). The third-order valence-corrected chi connectivity index (χ3v) is 8.42. The third-order valence-electron chi connectivity index (χ3n) is 7.16. The highest BCUT2D eigenvalue weighted by atomic mass is 32.2. The van der Waals surface area contributed by atoms with Crippen LogP contribution in [-0.4, -0.2) is 51.9 Å². The Balaban J connectivity index is 1.74. The monoisotopic (exact) mass is 422 g/mol. The normalized spacial score (nSPS) is 25.3. The number of benzene rings is 1. The van der Waals surface area contributed by atoms with Gasteiger partial charge in [-0.25, -0.2) is 8.42 Å². The lowest BCUT2D eigenvalue weighted by atomic mass is 9.63. The predicted octanol–water partition coefficient (Wildman–Crippen LogP) is 4.40. The fourth-order valence-electron chi connectivity index (χ4n) is 5.27. The van der Waals surface area contributed by atoms with Gasteiger partial charge in [-0.1, -0.05) is 45.2 Å². The molecule has 0 amide bonds. The molecule has 1 N–H and O–H groups in total. The molecule has 29 heavy (non-hydrogen) atoms. The molecule has 1 aliphatic carbocycles. The Morgan fingerprint density at radius 1 is 1.28 bits per heavy atom. The number of sulfonamides is 1. The molecule has 6 heteroatoms. The van der Waals surface area contributed by atoms with E-state index in [1.54, 1.807) is 0 Å². The number of methoxy groups -OCH3 is 1. The highest BCUT2D eigenvalue weighted by Gasteiger charge is 2.43. The Morgan fingerprint density at radius 3 is 2.79 bits per heavy atom. The number of hydrogen-bond donors (Lipinski definition) is 1. The van der Waals surface area contributed by atoms with Gasteiger partial charge in [0.25, 0.3) is 0 Å². The highest BCUT2D eigenvalue weighted by molar-refractivity contribution is 7.92. The van der Waals surface area contributed by atoms with Crippen molar-refractivity contribution in [2.75, 3.05) is 37.3 Å². The number of anilines is 1. The average Bonchev–Trinajstić information content (AvgIpc) is 2.72. The fourth-order valence-corrected chi connectivity index (χ4v) is 6.25. The first-order chi connectivity index (χ1) is 13.9. The van der Waals surface area contributed by atoms with Crippen LogP contribution in [0.1, 0.15) is 64.4 Å². The van der Waals surface area contributed by atoms with Crippen molar-refractivity contribution in [2.24, 2.45) is 5.92 Å². The minimum absolute atomic E-state index is 0.0219. The minimum Gasteiger partial charge on any atom is -0.384 e. The van der Waals surface area contributed by atoms with E-state index in [4.69, 9.17) is 4.74 Å². The van der Waals surface area contributed by atoms with E-state index in [0.29, 0.717) is 11.7 Å². The number of hydrogen-bond acceptors (Lipinski definition) is 4. The maximum atomic E-state index is 12.3. The van der Waals surface area contributed by atoms with E-state index in [9.17, 15) is 8.42 Å². The number of nitrogens with one attached hydrogen (secondary N) is 1. The minimum atomic E-state index is -3.38. The summed E-state index contributed by atoms with van der Waals surface area (Å²) in [6, 6.07) is 8.79. The van der Waals surface area contributed by atoms with E-state index in [0.717, 1.165) is 12.5 Å². The molecule has 0 spiro atoms. The summed E-state index contributed by atoms with van der Waals surface area (Å²) < 4.78 is 32.2. The van der Waals surface area contributed by atoms with Crippen LogP contribution < -0.4 is 4.72 Å². The van der Waals surface area contributed by atoms with Crippen LogP contribution in [0.5, 0.6) is 0 Å². The van der Waals surface area contributed by atoms with Crippen molar-refractivity contribution in [1.82, 2.24) is 4.90 Å². The molecule has 5 nitrogen and oxygen atoms in total. The van der Waals surface area contributed by atoms with Gasteiger partial charge >= 0.3 is 0 Å². The van der Waals surface area contributed by atoms with Gasteiger partial charge in [0.2, 0.25) is 10.0 Å². The van der Waals surface area contributed by atoms with Gasteiger partial charge in [0.1, 0.15) is 0 Å². The molecule has 1 aliphatic heterocycles. The van der Waals surface area contributed by atoms with E-state index < -0.39 is 10.0 Å². The molecule has 0 aromatic heterocycles. The van der Waals surface area contributed by atoms with Crippen LogP contribution >= 0.6 is 0 Å². The van der Waals surface area contributed by atoms with Gasteiger partial charge < -0.3 is 9.64 Å². The molecule has 2 aliphatic rings. The van der Waals surface area contributed by atoms with Crippen LogP contribution in [0.4, 0.5) is 5.69 Å². The number of ether oxygens (including phenoxy) is 1. The van der Waals surface area contributed by atoms with Gasteiger partial charge in [0.15, 0.2) is 0 Å². The number of fused-ring (bicyclic) bond motifs is 2. The zero-order valence-electron chi connectivity index (χ0n) is 18.3. The predicted molar refractivity (Wildman–Crippen MR) is 120 cm³/mol. The van der Waals surface area contributed by atoms with Crippen LogP contribution in [-0.2, 0) is 20.2 Å². The Morgan fingerprint density at radius 2 is 2.07 bits per heavy atom. The summed E-state index contributed by atoms with van der Waals surface area (Å²) in [7, 11) is -1.86. The molecule has 2 unspecified atom stereocenters. The molecule has 1 saturated carbocycles. The Labute approximate surface area is 177 Å². The quantitative estimate of drug-likeness (QED) is 0.607. The largest absolute Gasteiger partial charge is 0.384 e. The molecule has 0 radical (unpaired) electrons. The van der Waals surface area contributed by atoms with E-state index in [1.165, 1.54) is 64.2 Å². The van der Waals surface area contributed by atoms with Crippen molar-refractivity contribution >= 4 is 15.7 Å². The van der Waals surface area contributed by atoms with E-state index in [-0.39, 0.29) is 17.8 Å². The van der Waals surface area contributed by atoms with Crippen molar-refractivity contribution in [1.29, 1.82) is 0 Å². The Bertz CT molecular complexity index is 763. The van der Waals surface area contributed by atoms with Crippen LogP contribution in [0.2, 0.25) is 0 Å². The molecule has 164 valence electrons. The van der Waals surface area contributed by atoms with Gasteiger partial charge in [0.05, 0.1) is 12.4 Å². The van der Waals surface area contributed by atoms with Crippen molar-refractivity contribution in [3.63, 3.8) is 0 Å². The summed E-state index contributed by atoms with van der Waals surface area (Å²) in [5.74, 6) is 0.778. The van der Waals surface area contributed by atoms with Crippen molar-refractivity contribution < 1.29 is 13.2 Å². The molecule has 2 fully saturated rings. The molecular formula is C23H38N2O3S. The van der Waals surface area contributed by atoms with Crippen LogP contribution in [0.3, 0.4) is 0 Å². The summed E-state index contributed by atoms with van der Waals surface area (Å²) in [4.78, 5) is 2.74. The summed E-state index contributed by atoms with van der Waals surface area (Å²) in [6.45, 7) is 7.20. The standard InChI is InChI=1S/C23H38N2O3S/c1-4-19(5-2)18-25-13-12-23(11-7-10-22(25)17-23)20-8-6-9-21(16-20)24-29(26,27)15-14-28-3/h6,8-9,16,19,22,24H,4-5,7,10-15,17-18H2,1-3H3. The summed E-state index contributed by atoms with van der Waals surface area (Å²) in [5.41, 5.74) is 2.17. The van der Waals surface area contributed by atoms with Gasteiger partial charge in [-0.3, -0.25) is 4.72 Å². The zero-order chi connectivity index (χ0) is 20.9. The van der Waals surface area contributed by atoms with Gasteiger partial charge in [-0.2, -0.15) is 0 Å². The lowest BCUT2D eigenvalue weighted by Crippen LogP contribution is -2.52. The Kier molecular flexibility index (Phi) is 7.63. The number of piperidine rings is 1. The number of likely N-dealkylation sites (tertiary alicyclic amines) is 1. The lowest BCUT2D eigenvalue weighted by molar-refractivity contribution is 0.0392. The summed E-state index contributed by atoms with van der Waals surface area (Å²) in [6.07, 6.45) is 8.66. The van der Waals surface area contributed by atoms with Crippen molar-refractivity contribution in [3.8, 4) is 0 Å². The number of nitrogens with zero attached hydrogens (tertiary/aromatic N) is 1. The van der Waals surface area contributed by atoms with Crippen molar-refractivity contribution in [3.05, 3.63) is 29.8 Å². The second-order valence-electron chi connectivity index (χ2n) is 8.95. The second-order valence-corrected chi connectivity index (χ2v) is 10.8. The van der Waals surface area contributed by atoms with Crippen molar-refractivity contribution in [2.45, 2.75) is 70.3 Å². The second kappa shape index (κ2) is 9.80. The molecular weight excluding hydrogens is 384 g/mol. The maximum absolute atomic E-state index is 12.3.